The number of benzene rings is 2. The zero-order chi connectivity index (χ0) is 20.2. The summed E-state index contributed by atoms with van der Waals surface area (Å²) in [6.45, 7) is -1.53. The molecule has 0 spiro atoms. The van der Waals surface area contributed by atoms with Crippen LogP contribution in [-0.4, -0.2) is 34.2 Å². The number of anilines is 1. The van der Waals surface area contributed by atoms with Crippen LogP contribution in [0, 0.1) is 0 Å². The maximum atomic E-state index is 12.6. The van der Waals surface area contributed by atoms with E-state index in [9.17, 15) is 26.4 Å². The van der Waals surface area contributed by atoms with E-state index in [-0.39, 0.29) is 26.9 Å². The van der Waals surface area contributed by atoms with Crippen molar-refractivity contribution >= 4 is 33.2 Å². The van der Waals surface area contributed by atoms with Gasteiger partial charge in [0.2, 0.25) is 0 Å². The summed E-state index contributed by atoms with van der Waals surface area (Å²) in [5, 5.41) is 1.93. The SMILES string of the molecule is COc1ccc(Cl)cc1NS(=O)(=O)c1cccc(C(=O)NCC(F)(F)F)c1. The largest absolute Gasteiger partial charge is 0.495 e. The average molecular weight is 423 g/mol. The highest BCUT2D eigenvalue weighted by Crippen LogP contribution is 2.30. The zero-order valence-electron chi connectivity index (χ0n) is 13.8. The van der Waals surface area contributed by atoms with Gasteiger partial charge in [0.1, 0.15) is 12.3 Å². The molecule has 2 rings (SSSR count). The van der Waals surface area contributed by atoms with Gasteiger partial charge in [0.25, 0.3) is 15.9 Å². The zero-order valence-corrected chi connectivity index (χ0v) is 15.4. The Kier molecular flexibility index (Phi) is 6.22. The number of carbonyl (C=O) groups is 1. The van der Waals surface area contributed by atoms with Crippen LogP contribution in [0.2, 0.25) is 5.02 Å². The molecular formula is C16H14ClF3N2O4S. The van der Waals surface area contributed by atoms with E-state index < -0.39 is 28.7 Å². The Morgan fingerprint density at radius 2 is 1.89 bits per heavy atom. The van der Waals surface area contributed by atoms with E-state index in [0.717, 1.165) is 6.07 Å². The highest BCUT2D eigenvalue weighted by Gasteiger charge is 2.28. The maximum absolute atomic E-state index is 12.6. The van der Waals surface area contributed by atoms with Crippen LogP contribution < -0.4 is 14.8 Å². The summed E-state index contributed by atoms with van der Waals surface area (Å²) in [7, 11) is -2.81. The number of carbonyl (C=O) groups excluding carboxylic acids is 1. The van der Waals surface area contributed by atoms with E-state index in [2.05, 4.69) is 4.72 Å². The van der Waals surface area contributed by atoms with E-state index in [4.69, 9.17) is 16.3 Å². The Morgan fingerprint density at radius 1 is 1.19 bits per heavy atom. The van der Waals surface area contributed by atoms with Crippen molar-refractivity contribution in [1.29, 1.82) is 0 Å². The molecule has 0 fully saturated rings. The molecule has 2 aromatic carbocycles. The fourth-order valence-electron chi connectivity index (χ4n) is 2.05. The second-order valence-corrected chi connectivity index (χ2v) is 7.39. The van der Waals surface area contributed by atoms with Crippen LogP contribution in [-0.2, 0) is 10.0 Å². The average Bonchev–Trinajstić information content (AvgIpc) is 2.59. The second kappa shape index (κ2) is 8.05. The maximum Gasteiger partial charge on any atom is 0.405 e. The number of alkyl halides is 3. The molecule has 11 heteroatoms. The van der Waals surface area contributed by atoms with Crippen LogP contribution >= 0.6 is 11.6 Å². The minimum Gasteiger partial charge on any atom is -0.495 e. The first kappa shape index (κ1) is 20.8. The fraction of sp³-hybridized carbons (Fsp3) is 0.188. The van der Waals surface area contributed by atoms with Crippen LogP contribution in [0.25, 0.3) is 0 Å². The lowest BCUT2D eigenvalue weighted by molar-refractivity contribution is -0.123. The molecule has 2 N–H and O–H groups in total. The molecule has 0 radical (unpaired) electrons. The summed E-state index contributed by atoms with van der Waals surface area (Å²) in [6, 6.07) is 8.89. The number of ether oxygens (including phenoxy) is 1. The third-order valence-corrected chi connectivity index (χ3v) is 4.86. The normalized spacial score (nSPS) is 11.7. The Labute approximate surface area is 158 Å². The number of rotatable bonds is 6. The Balaban J connectivity index is 2.27. The Bertz CT molecular complexity index is 949. The van der Waals surface area contributed by atoms with Gasteiger partial charge in [-0.05, 0) is 36.4 Å². The molecule has 0 saturated carbocycles. The molecule has 146 valence electrons. The lowest BCUT2D eigenvalue weighted by Gasteiger charge is -2.13. The standard InChI is InChI=1S/C16H14ClF3N2O4S/c1-26-14-6-5-11(17)8-13(14)22-27(24,25)12-4-2-3-10(7-12)15(23)21-9-16(18,19)20/h2-8,22H,9H2,1H3,(H,21,23). The van der Waals surface area contributed by atoms with Crippen molar-refractivity contribution < 1.29 is 31.1 Å². The van der Waals surface area contributed by atoms with Crippen molar-refractivity contribution in [3.05, 3.63) is 53.1 Å². The summed E-state index contributed by atoms with van der Waals surface area (Å²) in [5.74, 6) is -0.841. The number of nitrogens with one attached hydrogen (secondary N) is 2. The Morgan fingerprint density at radius 3 is 2.52 bits per heavy atom. The quantitative estimate of drug-likeness (QED) is 0.746. The molecule has 27 heavy (non-hydrogen) atoms. The molecule has 0 heterocycles. The van der Waals surface area contributed by atoms with Gasteiger partial charge in [-0.15, -0.1) is 0 Å². The summed E-state index contributed by atoms with van der Waals surface area (Å²) >= 11 is 5.85. The first-order valence-electron chi connectivity index (χ1n) is 7.33. The predicted octanol–water partition coefficient (Wildman–Crippen LogP) is 3.44. The Hall–Kier alpha value is -2.46. The minimum absolute atomic E-state index is 0.0666. The highest BCUT2D eigenvalue weighted by molar-refractivity contribution is 7.92. The molecular weight excluding hydrogens is 409 g/mol. The molecule has 6 nitrogen and oxygen atoms in total. The van der Waals surface area contributed by atoms with Crippen molar-refractivity contribution in [2.45, 2.75) is 11.1 Å². The van der Waals surface area contributed by atoms with Crippen molar-refractivity contribution in [2.24, 2.45) is 0 Å². The summed E-state index contributed by atoms with van der Waals surface area (Å²) in [5.41, 5.74) is -0.169. The van der Waals surface area contributed by atoms with Crippen molar-refractivity contribution in [1.82, 2.24) is 5.32 Å². The van der Waals surface area contributed by atoms with Gasteiger partial charge in [-0.25, -0.2) is 8.42 Å². The van der Waals surface area contributed by atoms with Gasteiger partial charge in [-0.3, -0.25) is 9.52 Å². The highest BCUT2D eigenvalue weighted by atomic mass is 35.5. The van der Waals surface area contributed by atoms with Crippen LogP contribution in [0.1, 0.15) is 10.4 Å². The molecule has 0 saturated heterocycles. The summed E-state index contributed by atoms with van der Waals surface area (Å²) in [6.07, 6.45) is -4.58. The van der Waals surface area contributed by atoms with Crippen molar-refractivity contribution in [2.75, 3.05) is 18.4 Å². The van der Waals surface area contributed by atoms with Gasteiger partial charge in [0.15, 0.2) is 0 Å². The first-order chi connectivity index (χ1) is 12.5. The van der Waals surface area contributed by atoms with E-state index in [1.165, 1.54) is 43.5 Å². The number of sulfonamides is 1. The number of hydrogen-bond acceptors (Lipinski definition) is 4. The third kappa shape index (κ3) is 5.76. The number of amides is 1. The number of hydrogen-bond donors (Lipinski definition) is 2. The van der Waals surface area contributed by atoms with Gasteiger partial charge >= 0.3 is 6.18 Å². The van der Waals surface area contributed by atoms with Crippen molar-refractivity contribution in [3.8, 4) is 5.75 Å². The lowest BCUT2D eigenvalue weighted by atomic mass is 10.2. The minimum atomic E-state index is -4.58. The van der Waals surface area contributed by atoms with Gasteiger partial charge in [-0.1, -0.05) is 17.7 Å². The smallest absolute Gasteiger partial charge is 0.405 e. The fourth-order valence-corrected chi connectivity index (χ4v) is 3.33. The van der Waals surface area contributed by atoms with Crippen LogP contribution in [0.4, 0.5) is 18.9 Å². The van der Waals surface area contributed by atoms with E-state index >= 15 is 0 Å². The molecule has 0 aliphatic heterocycles. The molecule has 0 atom stereocenters. The third-order valence-electron chi connectivity index (χ3n) is 3.26. The molecule has 1 amide bonds. The van der Waals surface area contributed by atoms with Gasteiger partial charge in [-0.2, -0.15) is 13.2 Å². The number of halogens is 4. The molecule has 0 aliphatic rings. The van der Waals surface area contributed by atoms with E-state index in [1.807, 2.05) is 0 Å². The van der Waals surface area contributed by atoms with Gasteiger partial charge in [0, 0.05) is 10.6 Å². The lowest BCUT2D eigenvalue weighted by Crippen LogP contribution is -2.33. The monoisotopic (exact) mass is 422 g/mol. The van der Waals surface area contributed by atoms with Crippen LogP contribution in [0.5, 0.6) is 5.75 Å². The molecule has 0 aliphatic carbocycles. The van der Waals surface area contributed by atoms with E-state index in [0.29, 0.717) is 0 Å². The first-order valence-corrected chi connectivity index (χ1v) is 9.19. The summed E-state index contributed by atoms with van der Waals surface area (Å²) < 4.78 is 69.0. The van der Waals surface area contributed by atoms with E-state index in [1.54, 1.807) is 5.32 Å². The predicted molar refractivity (Wildman–Crippen MR) is 93.6 cm³/mol. The number of methoxy groups -OCH3 is 1. The molecule has 0 bridgehead atoms. The topological polar surface area (TPSA) is 84.5 Å². The molecule has 2 aromatic rings. The van der Waals surface area contributed by atoms with Gasteiger partial charge < -0.3 is 10.1 Å². The van der Waals surface area contributed by atoms with Crippen molar-refractivity contribution in [3.63, 3.8) is 0 Å². The second-order valence-electron chi connectivity index (χ2n) is 5.28. The molecule has 0 aromatic heterocycles. The van der Waals surface area contributed by atoms with Crippen LogP contribution in [0.15, 0.2) is 47.4 Å². The van der Waals surface area contributed by atoms with Gasteiger partial charge in [0.05, 0.1) is 17.7 Å². The summed E-state index contributed by atoms with van der Waals surface area (Å²) in [4.78, 5) is 11.5. The molecule has 0 unspecified atom stereocenters. The van der Waals surface area contributed by atoms with Crippen LogP contribution in [0.3, 0.4) is 0 Å².